The Kier molecular flexibility index (Phi) is 6.80. The summed E-state index contributed by atoms with van der Waals surface area (Å²) in [5, 5.41) is 13.9. The van der Waals surface area contributed by atoms with Gasteiger partial charge < -0.3 is 15.7 Å². The quantitative estimate of drug-likeness (QED) is 0.610. The van der Waals surface area contributed by atoms with Crippen molar-refractivity contribution in [1.82, 2.24) is 10.6 Å². The highest BCUT2D eigenvalue weighted by Crippen LogP contribution is 2.07. The van der Waals surface area contributed by atoms with E-state index in [1.54, 1.807) is 6.92 Å². The number of aliphatic carboxylic acids is 1. The number of terminal acetylenes is 1. The maximum Gasteiger partial charge on any atom is 0.326 e. The number of hydrogen-bond acceptors (Lipinski definition) is 2. The number of hydrogen-bond donors (Lipinski definition) is 3. The molecule has 3 N–H and O–H groups in total. The van der Waals surface area contributed by atoms with Gasteiger partial charge >= 0.3 is 12.0 Å². The SMILES string of the molecule is C#CC(CC)NC(=O)NC(C(=O)O)C(C)CC. The summed E-state index contributed by atoms with van der Waals surface area (Å²) in [6.07, 6.45) is 6.47. The van der Waals surface area contributed by atoms with E-state index in [0.29, 0.717) is 12.8 Å². The molecule has 0 aromatic heterocycles. The second-order valence-electron chi connectivity index (χ2n) is 3.95. The number of carboxylic acid groups (broad SMARTS) is 1. The maximum atomic E-state index is 11.5. The Morgan fingerprint density at radius 2 is 1.88 bits per heavy atom. The molecule has 5 nitrogen and oxygen atoms in total. The summed E-state index contributed by atoms with van der Waals surface area (Å²) < 4.78 is 0. The number of rotatable bonds is 6. The Morgan fingerprint density at radius 3 is 2.24 bits per heavy atom. The van der Waals surface area contributed by atoms with Crippen LogP contribution in [0.5, 0.6) is 0 Å². The monoisotopic (exact) mass is 240 g/mol. The summed E-state index contributed by atoms with van der Waals surface area (Å²) in [5.41, 5.74) is 0. The van der Waals surface area contributed by atoms with Gasteiger partial charge in [0.1, 0.15) is 6.04 Å². The Bertz CT molecular complexity index is 309. The molecule has 2 amide bonds. The molecule has 0 saturated heterocycles. The Balaban J connectivity index is 4.42. The molecule has 0 aliphatic carbocycles. The third kappa shape index (κ3) is 5.25. The molecule has 0 aliphatic rings. The van der Waals surface area contributed by atoms with Crippen LogP contribution in [0.4, 0.5) is 4.79 Å². The van der Waals surface area contributed by atoms with Crippen molar-refractivity contribution >= 4 is 12.0 Å². The van der Waals surface area contributed by atoms with Gasteiger partial charge in [-0.15, -0.1) is 6.42 Å². The molecule has 5 heteroatoms. The number of carbonyl (C=O) groups is 2. The van der Waals surface area contributed by atoms with Crippen molar-refractivity contribution in [2.75, 3.05) is 0 Å². The third-order valence-corrected chi connectivity index (χ3v) is 2.68. The van der Waals surface area contributed by atoms with Crippen LogP contribution in [-0.4, -0.2) is 29.2 Å². The van der Waals surface area contributed by atoms with Crippen LogP contribution in [0.3, 0.4) is 0 Å². The number of carbonyl (C=O) groups excluding carboxylic acids is 1. The molecule has 17 heavy (non-hydrogen) atoms. The zero-order chi connectivity index (χ0) is 13.4. The first-order valence-electron chi connectivity index (χ1n) is 5.72. The predicted octanol–water partition coefficient (Wildman–Crippen LogP) is 1.20. The molecular formula is C12H20N2O3. The lowest BCUT2D eigenvalue weighted by molar-refractivity contribution is -0.140. The average Bonchev–Trinajstić information content (AvgIpc) is 2.31. The van der Waals surface area contributed by atoms with E-state index in [9.17, 15) is 9.59 Å². The zero-order valence-electron chi connectivity index (χ0n) is 10.5. The summed E-state index contributed by atoms with van der Waals surface area (Å²) in [7, 11) is 0. The van der Waals surface area contributed by atoms with E-state index in [4.69, 9.17) is 11.5 Å². The van der Waals surface area contributed by atoms with Crippen LogP contribution in [0.15, 0.2) is 0 Å². The van der Waals surface area contributed by atoms with E-state index >= 15 is 0 Å². The highest BCUT2D eigenvalue weighted by Gasteiger charge is 2.25. The summed E-state index contributed by atoms with van der Waals surface area (Å²) in [4.78, 5) is 22.5. The molecule has 0 radical (unpaired) electrons. The third-order valence-electron chi connectivity index (χ3n) is 2.68. The Morgan fingerprint density at radius 1 is 1.29 bits per heavy atom. The first-order chi connectivity index (χ1) is 7.96. The van der Waals surface area contributed by atoms with Crippen LogP contribution >= 0.6 is 0 Å². The van der Waals surface area contributed by atoms with Gasteiger partial charge in [0.25, 0.3) is 0 Å². The average molecular weight is 240 g/mol. The van der Waals surface area contributed by atoms with Gasteiger partial charge in [-0.05, 0) is 12.3 Å². The number of urea groups is 1. The minimum atomic E-state index is -1.04. The zero-order valence-corrected chi connectivity index (χ0v) is 10.5. The van der Waals surface area contributed by atoms with Gasteiger partial charge in [0.2, 0.25) is 0 Å². The fourth-order valence-corrected chi connectivity index (χ4v) is 1.29. The number of nitrogens with one attached hydrogen (secondary N) is 2. The lowest BCUT2D eigenvalue weighted by Crippen LogP contribution is -2.51. The van der Waals surface area contributed by atoms with Gasteiger partial charge in [-0.1, -0.05) is 33.1 Å². The lowest BCUT2D eigenvalue weighted by Gasteiger charge is -2.21. The molecule has 0 aliphatic heterocycles. The van der Waals surface area contributed by atoms with Crippen molar-refractivity contribution in [3.63, 3.8) is 0 Å². The van der Waals surface area contributed by atoms with E-state index in [1.807, 2.05) is 13.8 Å². The largest absolute Gasteiger partial charge is 0.480 e. The molecule has 3 unspecified atom stereocenters. The van der Waals surface area contributed by atoms with E-state index in [0.717, 1.165) is 0 Å². The van der Waals surface area contributed by atoms with Crippen molar-refractivity contribution < 1.29 is 14.7 Å². The second kappa shape index (κ2) is 7.55. The van der Waals surface area contributed by atoms with Crippen molar-refractivity contribution in [2.45, 2.75) is 45.7 Å². The number of amides is 2. The molecule has 0 heterocycles. The van der Waals surface area contributed by atoms with Crippen LogP contribution in [0.25, 0.3) is 0 Å². The highest BCUT2D eigenvalue weighted by atomic mass is 16.4. The van der Waals surface area contributed by atoms with Crippen molar-refractivity contribution in [3.05, 3.63) is 0 Å². The molecule has 0 fully saturated rings. The second-order valence-corrected chi connectivity index (χ2v) is 3.95. The van der Waals surface area contributed by atoms with Crippen LogP contribution in [0, 0.1) is 18.3 Å². The van der Waals surface area contributed by atoms with Crippen molar-refractivity contribution in [3.8, 4) is 12.3 Å². The molecule has 96 valence electrons. The Hall–Kier alpha value is -1.70. The van der Waals surface area contributed by atoms with Gasteiger partial charge in [-0.25, -0.2) is 9.59 Å². The number of carboxylic acids is 1. The fraction of sp³-hybridized carbons (Fsp3) is 0.667. The fourth-order valence-electron chi connectivity index (χ4n) is 1.29. The predicted molar refractivity (Wildman–Crippen MR) is 65.5 cm³/mol. The smallest absolute Gasteiger partial charge is 0.326 e. The molecule has 0 spiro atoms. The summed E-state index contributed by atoms with van der Waals surface area (Å²) in [6, 6.07) is -1.81. The molecule has 3 atom stereocenters. The molecule has 0 saturated carbocycles. The normalized spacial score (nSPS) is 15.2. The van der Waals surface area contributed by atoms with E-state index in [-0.39, 0.29) is 12.0 Å². The Labute approximate surface area is 102 Å². The standard InChI is InChI=1S/C12H20N2O3/c1-5-8(4)10(11(15)16)14-12(17)13-9(6-2)7-3/h2,8-10H,5,7H2,1,3-4H3,(H,15,16)(H2,13,14,17). The van der Waals surface area contributed by atoms with Crippen LogP contribution < -0.4 is 10.6 Å². The van der Waals surface area contributed by atoms with Crippen molar-refractivity contribution in [2.24, 2.45) is 5.92 Å². The topological polar surface area (TPSA) is 78.4 Å². The molecule has 0 rings (SSSR count). The summed E-state index contributed by atoms with van der Waals surface area (Å²) in [5.74, 6) is 1.24. The molecule has 0 aromatic carbocycles. The molecule has 0 bridgehead atoms. The minimum Gasteiger partial charge on any atom is -0.480 e. The van der Waals surface area contributed by atoms with Crippen molar-refractivity contribution in [1.29, 1.82) is 0 Å². The molecule has 0 aromatic rings. The summed E-state index contributed by atoms with van der Waals surface area (Å²) in [6.45, 7) is 5.49. The maximum absolute atomic E-state index is 11.5. The van der Waals surface area contributed by atoms with Gasteiger partial charge in [-0.3, -0.25) is 0 Å². The van der Waals surface area contributed by atoms with Gasteiger partial charge in [0.15, 0.2) is 0 Å². The van der Waals surface area contributed by atoms with E-state index < -0.39 is 18.0 Å². The highest BCUT2D eigenvalue weighted by molar-refractivity contribution is 5.83. The van der Waals surface area contributed by atoms with Crippen LogP contribution in [0.1, 0.15) is 33.6 Å². The van der Waals surface area contributed by atoms with Gasteiger partial charge in [0.05, 0.1) is 6.04 Å². The lowest BCUT2D eigenvalue weighted by atomic mass is 9.99. The summed E-state index contributed by atoms with van der Waals surface area (Å²) >= 11 is 0. The van der Waals surface area contributed by atoms with Gasteiger partial charge in [-0.2, -0.15) is 0 Å². The van der Waals surface area contributed by atoms with E-state index in [1.165, 1.54) is 0 Å². The van der Waals surface area contributed by atoms with Gasteiger partial charge in [0, 0.05) is 0 Å². The first kappa shape index (κ1) is 15.3. The van der Waals surface area contributed by atoms with Crippen LogP contribution in [0.2, 0.25) is 0 Å². The van der Waals surface area contributed by atoms with Crippen LogP contribution in [-0.2, 0) is 4.79 Å². The minimum absolute atomic E-state index is 0.135. The van der Waals surface area contributed by atoms with E-state index in [2.05, 4.69) is 16.6 Å². The molecular weight excluding hydrogens is 220 g/mol. The first-order valence-corrected chi connectivity index (χ1v) is 5.72.